The Morgan fingerprint density at radius 2 is 1.83 bits per heavy atom. The Morgan fingerprint density at radius 1 is 1.09 bits per heavy atom. The lowest BCUT2D eigenvalue weighted by Gasteiger charge is -2.13. The largest absolute Gasteiger partial charge is 0.493 e. The molecule has 2 aromatic carbocycles. The Labute approximate surface area is 214 Å². The van der Waals surface area contributed by atoms with Crippen LogP contribution in [0.2, 0.25) is 0 Å². The zero-order valence-electron chi connectivity index (χ0n) is 19.5. The number of benzene rings is 2. The number of carbonyl (C=O) groups excluding carboxylic acids is 4. The van der Waals surface area contributed by atoms with Gasteiger partial charge in [-0.3, -0.25) is 19.3 Å². The van der Waals surface area contributed by atoms with E-state index in [4.69, 9.17) is 9.47 Å². The zero-order chi connectivity index (χ0) is 25.7. The van der Waals surface area contributed by atoms with Crippen LogP contribution in [0.4, 0.5) is 10.5 Å². The van der Waals surface area contributed by atoms with Gasteiger partial charge in [0.1, 0.15) is 6.54 Å². The number of methoxy groups -OCH3 is 2. The summed E-state index contributed by atoms with van der Waals surface area (Å²) in [7, 11) is 2.68. The van der Waals surface area contributed by atoms with Crippen molar-refractivity contribution in [2.24, 2.45) is 0 Å². The number of ether oxygens (including phenoxy) is 3. The molecule has 0 aromatic heterocycles. The summed E-state index contributed by atoms with van der Waals surface area (Å²) in [5.41, 5.74) is 3.23. The number of hydrogen-bond acceptors (Lipinski definition) is 8. The van der Waals surface area contributed by atoms with Gasteiger partial charge in [-0.1, -0.05) is 22.0 Å². The van der Waals surface area contributed by atoms with Crippen LogP contribution in [-0.4, -0.2) is 55.3 Å². The molecule has 0 atom stereocenters. The number of aryl methyl sites for hydroxylation is 2. The number of thioether (sulfide) groups is 1. The van der Waals surface area contributed by atoms with E-state index < -0.39 is 29.6 Å². The normalized spacial score (nSPS) is 14.3. The lowest BCUT2D eigenvalue weighted by molar-refractivity contribution is -0.143. The number of anilines is 1. The van der Waals surface area contributed by atoms with Crippen molar-refractivity contribution < 1.29 is 33.4 Å². The predicted octanol–water partition coefficient (Wildman–Crippen LogP) is 4.30. The number of carbonyl (C=O) groups is 4. The van der Waals surface area contributed by atoms with E-state index in [1.54, 1.807) is 18.2 Å². The molecule has 1 saturated heterocycles. The van der Waals surface area contributed by atoms with Crippen molar-refractivity contribution in [1.82, 2.24) is 4.90 Å². The predicted molar refractivity (Wildman–Crippen MR) is 135 cm³/mol. The summed E-state index contributed by atoms with van der Waals surface area (Å²) in [5, 5.41) is 2.17. The Balaban J connectivity index is 1.74. The zero-order valence-corrected chi connectivity index (χ0v) is 21.9. The second-order valence-electron chi connectivity index (χ2n) is 7.50. The SMILES string of the molecule is COC(=O)COc1cc(Br)c(/C=C2/SC(=O)N(CC(=O)Nc3ccc(C)c(C)c3)C2=O)cc1OC. The van der Waals surface area contributed by atoms with Crippen LogP contribution >= 0.6 is 27.7 Å². The molecule has 0 saturated carbocycles. The minimum Gasteiger partial charge on any atom is -0.493 e. The molecule has 2 aromatic rings. The summed E-state index contributed by atoms with van der Waals surface area (Å²) < 4.78 is 15.8. The molecule has 0 bridgehead atoms. The Hall–Kier alpha value is -3.31. The van der Waals surface area contributed by atoms with Crippen LogP contribution in [0.3, 0.4) is 0 Å². The van der Waals surface area contributed by atoms with E-state index in [1.807, 2.05) is 26.0 Å². The fourth-order valence-corrected chi connectivity index (χ4v) is 4.34. The first-order chi connectivity index (χ1) is 16.6. The van der Waals surface area contributed by atoms with Crippen molar-refractivity contribution >= 4 is 62.5 Å². The fraction of sp³-hybridized carbons (Fsp3) is 0.250. The summed E-state index contributed by atoms with van der Waals surface area (Å²) >= 11 is 4.14. The second kappa shape index (κ2) is 11.4. The van der Waals surface area contributed by atoms with E-state index in [1.165, 1.54) is 20.3 Å². The molecule has 3 amide bonds. The van der Waals surface area contributed by atoms with Gasteiger partial charge in [-0.2, -0.15) is 0 Å². The number of rotatable bonds is 8. The fourth-order valence-electron chi connectivity index (χ4n) is 3.07. The molecule has 1 fully saturated rings. The summed E-state index contributed by atoms with van der Waals surface area (Å²) in [6.07, 6.45) is 1.52. The van der Waals surface area contributed by atoms with E-state index >= 15 is 0 Å². The highest BCUT2D eigenvalue weighted by Gasteiger charge is 2.36. The van der Waals surface area contributed by atoms with Gasteiger partial charge in [-0.05, 0) is 72.6 Å². The van der Waals surface area contributed by atoms with E-state index in [0.29, 0.717) is 21.5 Å². The van der Waals surface area contributed by atoms with Gasteiger partial charge in [0.05, 0.1) is 19.1 Å². The highest BCUT2D eigenvalue weighted by molar-refractivity contribution is 9.10. The van der Waals surface area contributed by atoms with Crippen molar-refractivity contribution in [2.75, 3.05) is 32.7 Å². The van der Waals surface area contributed by atoms with Crippen LogP contribution in [0.25, 0.3) is 6.08 Å². The number of nitrogens with zero attached hydrogens (tertiary/aromatic N) is 1. The molecule has 184 valence electrons. The molecular formula is C24H23BrN2O7S. The van der Waals surface area contributed by atoms with Gasteiger partial charge in [0.25, 0.3) is 11.1 Å². The van der Waals surface area contributed by atoms with Gasteiger partial charge in [0.2, 0.25) is 5.91 Å². The molecule has 11 heteroatoms. The number of nitrogens with one attached hydrogen (secondary N) is 1. The van der Waals surface area contributed by atoms with E-state index in [2.05, 4.69) is 26.0 Å². The molecule has 1 heterocycles. The topological polar surface area (TPSA) is 111 Å². The number of hydrogen-bond donors (Lipinski definition) is 1. The highest BCUT2D eigenvalue weighted by Crippen LogP contribution is 2.38. The monoisotopic (exact) mass is 562 g/mol. The van der Waals surface area contributed by atoms with Crippen molar-refractivity contribution in [1.29, 1.82) is 0 Å². The molecule has 35 heavy (non-hydrogen) atoms. The summed E-state index contributed by atoms with van der Waals surface area (Å²) in [6, 6.07) is 8.64. The molecule has 0 radical (unpaired) electrons. The first-order valence-electron chi connectivity index (χ1n) is 10.3. The minimum atomic E-state index is -0.577. The maximum atomic E-state index is 12.9. The van der Waals surface area contributed by atoms with Crippen LogP contribution < -0.4 is 14.8 Å². The van der Waals surface area contributed by atoms with Gasteiger partial charge < -0.3 is 19.5 Å². The van der Waals surface area contributed by atoms with Crippen molar-refractivity contribution in [3.05, 3.63) is 56.4 Å². The molecule has 9 nitrogen and oxygen atoms in total. The summed E-state index contributed by atoms with van der Waals surface area (Å²) in [6.45, 7) is 3.18. The van der Waals surface area contributed by atoms with Gasteiger partial charge >= 0.3 is 5.97 Å². The number of halogens is 1. The third-order valence-corrected chi connectivity index (χ3v) is 6.70. The summed E-state index contributed by atoms with van der Waals surface area (Å²) in [5.74, 6) is -1.00. The Kier molecular flexibility index (Phi) is 8.57. The third-order valence-electron chi connectivity index (χ3n) is 5.11. The number of imide groups is 1. The quantitative estimate of drug-likeness (QED) is 0.374. The molecule has 1 N–H and O–H groups in total. The van der Waals surface area contributed by atoms with Crippen LogP contribution in [0, 0.1) is 13.8 Å². The van der Waals surface area contributed by atoms with Gasteiger partial charge in [0.15, 0.2) is 18.1 Å². The average Bonchev–Trinajstić information content (AvgIpc) is 3.08. The number of amides is 3. The molecule has 1 aliphatic heterocycles. The molecule has 0 aliphatic carbocycles. The molecule has 0 spiro atoms. The highest BCUT2D eigenvalue weighted by atomic mass is 79.9. The van der Waals surface area contributed by atoms with Crippen LogP contribution in [-0.2, 0) is 19.1 Å². The van der Waals surface area contributed by atoms with Crippen LogP contribution in [0.15, 0.2) is 39.7 Å². The van der Waals surface area contributed by atoms with Gasteiger partial charge in [0, 0.05) is 10.2 Å². The maximum absolute atomic E-state index is 12.9. The maximum Gasteiger partial charge on any atom is 0.343 e. The minimum absolute atomic E-state index is 0.153. The molecule has 0 unspecified atom stereocenters. The molecule has 1 aliphatic rings. The van der Waals surface area contributed by atoms with Crippen LogP contribution in [0.5, 0.6) is 11.5 Å². The first kappa shape index (κ1) is 26.3. The average molecular weight is 563 g/mol. The van der Waals surface area contributed by atoms with Crippen molar-refractivity contribution in [2.45, 2.75) is 13.8 Å². The standard InChI is InChI=1S/C24H23BrN2O7S/c1-13-5-6-16(7-14(13)2)26-21(28)11-27-23(30)20(35-24(27)31)9-15-8-18(32-3)19(10-17(15)25)34-12-22(29)33-4/h5-10H,11-12H2,1-4H3,(H,26,28)/b20-9+. The van der Waals surface area contributed by atoms with Gasteiger partial charge in [-0.15, -0.1) is 0 Å². The first-order valence-corrected chi connectivity index (χ1v) is 11.9. The third kappa shape index (κ3) is 6.43. The number of esters is 1. The lowest BCUT2D eigenvalue weighted by Crippen LogP contribution is -2.36. The smallest absolute Gasteiger partial charge is 0.343 e. The Morgan fingerprint density at radius 3 is 2.49 bits per heavy atom. The lowest BCUT2D eigenvalue weighted by atomic mass is 10.1. The molecular weight excluding hydrogens is 540 g/mol. The second-order valence-corrected chi connectivity index (χ2v) is 9.35. The Bertz CT molecular complexity index is 1230. The van der Waals surface area contributed by atoms with E-state index in [9.17, 15) is 19.2 Å². The molecule has 3 rings (SSSR count). The summed E-state index contributed by atoms with van der Waals surface area (Å²) in [4.78, 5) is 50.2. The van der Waals surface area contributed by atoms with Crippen molar-refractivity contribution in [3.8, 4) is 11.5 Å². The van der Waals surface area contributed by atoms with Crippen molar-refractivity contribution in [3.63, 3.8) is 0 Å². The van der Waals surface area contributed by atoms with E-state index in [0.717, 1.165) is 27.8 Å². The van der Waals surface area contributed by atoms with Gasteiger partial charge in [-0.25, -0.2) is 4.79 Å². The van der Waals surface area contributed by atoms with E-state index in [-0.39, 0.29) is 17.3 Å². The van der Waals surface area contributed by atoms with Crippen LogP contribution in [0.1, 0.15) is 16.7 Å².